The Bertz CT molecular complexity index is 2110. The number of benzene rings is 3. The minimum absolute atomic E-state index is 0.0692. The quantitative estimate of drug-likeness (QED) is 0.134. The van der Waals surface area contributed by atoms with E-state index in [9.17, 15) is 9.59 Å². The fourth-order valence-electron chi connectivity index (χ4n) is 8.91. The smallest absolute Gasteiger partial charge is 0.407 e. The molecule has 1 spiro atoms. The van der Waals surface area contributed by atoms with Gasteiger partial charge >= 0.3 is 6.09 Å². The van der Waals surface area contributed by atoms with E-state index in [0.29, 0.717) is 17.4 Å². The molecule has 262 valence electrons. The van der Waals surface area contributed by atoms with Crippen molar-refractivity contribution in [2.24, 2.45) is 17.3 Å². The number of carbonyl (C=O) groups is 2. The lowest BCUT2D eigenvalue weighted by atomic mass is 9.95. The number of ether oxygens (including phenoxy) is 1. The Labute approximate surface area is 297 Å². The Balaban J connectivity index is 0.913. The summed E-state index contributed by atoms with van der Waals surface area (Å²) < 4.78 is 4.82. The van der Waals surface area contributed by atoms with Crippen molar-refractivity contribution in [1.82, 2.24) is 35.5 Å². The number of likely N-dealkylation sites (tertiary alicyclic amines) is 1. The number of H-pyrrole nitrogens is 2. The first-order valence-corrected chi connectivity index (χ1v) is 18.4. The summed E-state index contributed by atoms with van der Waals surface area (Å²) in [6, 6.07) is 21.5. The molecule has 10 nitrogen and oxygen atoms in total. The van der Waals surface area contributed by atoms with E-state index in [1.54, 1.807) is 0 Å². The molecule has 5 unspecified atom stereocenters. The number of hydrogen-bond donors (Lipinski definition) is 4. The molecule has 5 aromatic rings. The first-order valence-electron chi connectivity index (χ1n) is 18.4. The van der Waals surface area contributed by atoms with Gasteiger partial charge < -0.3 is 30.2 Å². The van der Waals surface area contributed by atoms with Gasteiger partial charge in [0.25, 0.3) is 0 Å². The SMILES string of the molecule is COC(=O)NC(C(=O)N1C2CCC(C2)C1c1ncc(-c2ccc3cc(-c4ccc(-c5cnc(C6CC7(CC7)CN6)[nH]5)cc4)ccc3c2)[nH]1)C(C)C. The Hall–Kier alpha value is -4.96. The molecular formula is C41H45N7O3. The molecule has 9 rings (SSSR count). The molecule has 4 aliphatic rings. The maximum Gasteiger partial charge on any atom is 0.407 e. The average molecular weight is 684 g/mol. The highest BCUT2D eigenvalue weighted by molar-refractivity contribution is 5.91. The average Bonchev–Trinajstić information content (AvgIpc) is 3.79. The molecular weight excluding hydrogens is 638 g/mol. The standard InChI is InChI=1S/C41H45N7O3/c1-23(2)35(47-40(50)51-3)39(49)48-31-13-12-30(18-31)36(48)38-43-21-34(46-38)29-11-10-27-16-26(8-9-28(27)17-29)24-4-6-25(7-5-24)33-20-42-37(45-33)32-19-41(14-15-41)22-44-32/h4-11,16-17,20-21,23,30-32,35-36,44H,12-15,18-19,22H2,1-3H3,(H,42,45)(H,43,46)(H,47,50). The predicted octanol–water partition coefficient (Wildman–Crippen LogP) is 7.53. The summed E-state index contributed by atoms with van der Waals surface area (Å²) in [5, 5.41) is 8.74. The zero-order chi connectivity index (χ0) is 34.9. The molecule has 0 radical (unpaired) electrons. The van der Waals surface area contributed by atoms with Gasteiger partial charge in [-0.3, -0.25) is 4.79 Å². The van der Waals surface area contributed by atoms with E-state index < -0.39 is 12.1 Å². The predicted molar refractivity (Wildman–Crippen MR) is 196 cm³/mol. The molecule has 5 atom stereocenters. The van der Waals surface area contributed by atoms with Crippen LogP contribution in [0.3, 0.4) is 0 Å². The van der Waals surface area contributed by atoms with Crippen LogP contribution in [0.2, 0.25) is 0 Å². The number of imidazole rings is 2. The molecule has 2 saturated carbocycles. The van der Waals surface area contributed by atoms with Crippen molar-refractivity contribution in [1.29, 1.82) is 0 Å². The van der Waals surface area contributed by atoms with E-state index in [1.807, 2.05) is 31.1 Å². The second-order valence-electron chi connectivity index (χ2n) is 15.6. The second-order valence-corrected chi connectivity index (χ2v) is 15.6. The van der Waals surface area contributed by atoms with Gasteiger partial charge in [0.05, 0.1) is 43.0 Å². The summed E-state index contributed by atoms with van der Waals surface area (Å²) >= 11 is 0. The number of methoxy groups -OCH3 is 1. The van der Waals surface area contributed by atoms with E-state index in [-0.39, 0.29) is 23.9 Å². The molecule has 4 fully saturated rings. The molecule has 2 saturated heterocycles. The van der Waals surface area contributed by atoms with Crippen LogP contribution in [-0.4, -0.2) is 62.6 Å². The Kier molecular flexibility index (Phi) is 7.76. The topological polar surface area (TPSA) is 128 Å². The molecule has 2 aliphatic heterocycles. The van der Waals surface area contributed by atoms with Crippen LogP contribution < -0.4 is 10.6 Å². The number of piperidine rings is 1. The molecule has 2 bridgehead atoms. The van der Waals surface area contributed by atoms with E-state index in [0.717, 1.165) is 65.4 Å². The van der Waals surface area contributed by atoms with Crippen LogP contribution in [0.5, 0.6) is 0 Å². The van der Waals surface area contributed by atoms with Gasteiger partial charge in [0.15, 0.2) is 0 Å². The maximum absolute atomic E-state index is 13.9. The van der Waals surface area contributed by atoms with Crippen LogP contribution in [0.15, 0.2) is 73.1 Å². The molecule has 2 aromatic heterocycles. The van der Waals surface area contributed by atoms with E-state index in [4.69, 9.17) is 14.7 Å². The zero-order valence-corrected chi connectivity index (χ0v) is 29.4. The number of aromatic amines is 2. The van der Waals surface area contributed by atoms with Crippen molar-refractivity contribution >= 4 is 22.8 Å². The monoisotopic (exact) mass is 683 g/mol. The van der Waals surface area contributed by atoms with Crippen LogP contribution in [0.25, 0.3) is 44.4 Å². The molecule has 4 heterocycles. The van der Waals surface area contributed by atoms with Crippen molar-refractivity contribution in [3.05, 3.63) is 84.7 Å². The number of nitrogens with one attached hydrogen (secondary N) is 4. The van der Waals surface area contributed by atoms with Gasteiger partial charge in [-0.1, -0.05) is 62.4 Å². The Morgan fingerprint density at radius 2 is 1.51 bits per heavy atom. The third-order valence-corrected chi connectivity index (χ3v) is 12.0. The summed E-state index contributed by atoms with van der Waals surface area (Å²) in [4.78, 5) is 44.7. The fraction of sp³-hybridized carbons (Fsp3) is 0.415. The van der Waals surface area contributed by atoms with Gasteiger partial charge in [0.2, 0.25) is 5.91 Å². The highest BCUT2D eigenvalue weighted by Crippen LogP contribution is 2.54. The lowest BCUT2D eigenvalue weighted by molar-refractivity contribution is -0.139. The minimum Gasteiger partial charge on any atom is -0.453 e. The van der Waals surface area contributed by atoms with Gasteiger partial charge in [-0.05, 0) is 95.4 Å². The number of carbonyl (C=O) groups excluding carboxylic acids is 2. The zero-order valence-electron chi connectivity index (χ0n) is 29.4. The normalized spacial score (nSPS) is 23.7. The first kappa shape index (κ1) is 32.0. The summed E-state index contributed by atoms with van der Waals surface area (Å²) in [6.45, 7) is 5.00. The van der Waals surface area contributed by atoms with E-state index >= 15 is 0 Å². The van der Waals surface area contributed by atoms with Crippen molar-refractivity contribution in [3.63, 3.8) is 0 Å². The number of rotatable bonds is 8. The van der Waals surface area contributed by atoms with E-state index in [1.165, 1.54) is 42.9 Å². The Morgan fingerprint density at radius 3 is 2.22 bits per heavy atom. The van der Waals surface area contributed by atoms with Crippen LogP contribution in [0.4, 0.5) is 4.79 Å². The van der Waals surface area contributed by atoms with Gasteiger partial charge in [-0.15, -0.1) is 0 Å². The third-order valence-electron chi connectivity index (χ3n) is 12.0. The number of fused-ring (bicyclic) bond motifs is 3. The summed E-state index contributed by atoms with van der Waals surface area (Å²) in [5.74, 6) is 2.04. The highest BCUT2D eigenvalue weighted by atomic mass is 16.5. The van der Waals surface area contributed by atoms with Gasteiger partial charge in [-0.2, -0.15) is 0 Å². The summed E-state index contributed by atoms with van der Waals surface area (Å²) in [6.07, 6.45) is 10.1. The van der Waals surface area contributed by atoms with Crippen LogP contribution in [0, 0.1) is 17.3 Å². The molecule has 4 N–H and O–H groups in total. The minimum atomic E-state index is -0.657. The summed E-state index contributed by atoms with van der Waals surface area (Å²) in [7, 11) is 1.32. The molecule has 10 heteroatoms. The highest BCUT2D eigenvalue weighted by Gasteiger charge is 2.52. The van der Waals surface area contributed by atoms with Crippen molar-refractivity contribution in [2.75, 3.05) is 13.7 Å². The molecule has 2 aliphatic carbocycles. The van der Waals surface area contributed by atoms with Crippen LogP contribution in [-0.2, 0) is 9.53 Å². The molecule has 2 amide bonds. The lowest BCUT2D eigenvalue weighted by Gasteiger charge is -2.37. The van der Waals surface area contributed by atoms with E-state index in [2.05, 4.69) is 81.3 Å². The number of amides is 2. The molecule has 3 aromatic carbocycles. The first-order chi connectivity index (χ1) is 24.8. The van der Waals surface area contributed by atoms with Crippen molar-refractivity contribution in [3.8, 4) is 33.6 Å². The van der Waals surface area contributed by atoms with Crippen molar-refractivity contribution in [2.45, 2.75) is 76.5 Å². The number of nitrogens with zero attached hydrogens (tertiary/aromatic N) is 3. The van der Waals surface area contributed by atoms with Gasteiger partial charge in [-0.25, -0.2) is 14.8 Å². The summed E-state index contributed by atoms with van der Waals surface area (Å²) in [5.41, 5.74) is 7.03. The Morgan fingerprint density at radius 1 is 0.863 bits per heavy atom. The number of hydrogen-bond acceptors (Lipinski definition) is 6. The second kappa shape index (κ2) is 12.4. The maximum atomic E-state index is 13.9. The van der Waals surface area contributed by atoms with Gasteiger partial charge in [0, 0.05) is 18.2 Å². The van der Waals surface area contributed by atoms with Crippen LogP contribution >= 0.6 is 0 Å². The lowest BCUT2D eigenvalue weighted by Crippen LogP contribution is -2.54. The van der Waals surface area contributed by atoms with Crippen molar-refractivity contribution < 1.29 is 14.3 Å². The largest absolute Gasteiger partial charge is 0.453 e. The number of aromatic nitrogens is 4. The molecule has 51 heavy (non-hydrogen) atoms. The fourth-order valence-corrected chi connectivity index (χ4v) is 8.91. The number of alkyl carbamates (subject to hydrolysis) is 1. The third kappa shape index (κ3) is 5.79. The van der Waals surface area contributed by atoms with Gasteiger partial charge in [0.1, 0.15) is 17.7 Å². The van der Waals surface area contributed by atoms with Crippen LogP contribution in [0.1, 0.15) is 76.1 Å².